The largest absolute Gasteiger partial charge is 0.282 e. The normalized spacial score (nSPS) is 10.3. The fraction of sp³-hybridized carbons (Fsp3) is 0.571. The monoisotopic (exact) mass is 156 g/mol. The molecule has 1 N–H and O–H groups in total. The van der Waals surface area contributed by atoms with Crippen LogP contribution in [-0.2, 0) is 5.75 Å². The number of rotatable bonds is 2. The Kier molecular flexibility index (Phi) is 2.38. The van der Waals surface area contributed by atoms with E-state index in [0.29, 0.717) is 0 Å². The first kappa shape index (κ1) is 7.66. The van der Waals surface area contributed by atoms with Crippen molar-refractivity contribution < 1.29 is 0 Å². The maximum absolute atomic E-state index is 4.10. The molecule has 0 saturated heterocycles. The number of H-pyrrole nitrogens is 1. The van der Waals surface area contributed by atoms with Gasteiger partial charge in [0.15, 0.2) is 0 Å². The smallest absolute Gasteiger partial charge is 0.0634 e. The molecule has 56 valence electrons. The van der Waals surface area contributed by atoms with Crippen LogP contribution in [0.5, 0.6) is 0 Å². The molecule has 0 aliphatic carbocycles. The van der Waals surface area contributed by atoms with Crippen molar-refractivity contribution in [3.63, 3.8) is 0 Å². The number of aromatic amines is 1. The first-order chi connectivity index (χ1) is 4.75. The highest BCUT2D eigenvalue weighted by Gasteiger charge is 2.03. The van der Waals surface area contributed by atoms with Gasteiger partial charge in [-0.25, -0.2) is 0 Å². The minimum atomic E-state index is 1.06. The molecular formula is C7H12N2S. The molecule has 0 saturated carbocycles. The van der Waals surface area contributed by atoms with Crippen LogP contribution >= 0.6 is 11.8 Å². The molecule has 3 heteroatoms. The van der Waals surface area contributed by atoms with Crippen LogP contribution in [0.2, 0.25) is 0 Å². The van der Waals surface area contributed by atoms with Gasteiger partial charge in [-0.05, 0) is 20.1 Å². The Hall–Kier alpha value is -0.440. The Balaban J connectivity index is 2.87. The summed E-state index contributed by atoms with van der Waals surface area (Å²) in [6.45, 7) is 4.10. The van der Waals surface area contributed by atoms with Crippen LogP contribution in [0, 0.1) is 13.8 Å². The Labute approximate surface area is 65.4 Å². The molecule has 2 nitrogen and oxygen atoms in total. The number of hydrogen-bond donors (Lipinski definition) is 1. The fourth-order valence-electron chi connectivity index (χ4n) is 0.931. The predicted molar refractivity (Wildman–Crippen MR) is 45.3 cm³/mol. The summed E-state index contributed by atoms with van der Waals surface area (Å²) in [5, 5.41) is 7.05. The van der Waals surface area contributed by atoms with E-state index < -0.39 is 0 Å². The third-order valence-electron chi connectivity index (χ3n) is 1.57. The summed E-state index contributed by atoms with van der Waals surface area (Å²) in [6, 6.07) is 0. The summed E-state index contributed by atoms with van der Waals surface area (Å²) < 4.78 is 0. The molecule has 0 radical (unpaired) electrons. The van der Waals surface area contributed by atoms with Gasteiger partial charge in [-0.2, -0.15) is 16.9 Å². The molecule has 0 spiro atoms. The van der Waals surface area contributed by atoms with Gasteiger partial charge < -0.3 is 0 Å². The maximum Gasteiger partial charge on any atom is 0.0634 e. The molecular weight excluding hydrogens is 144 g/mol. The molecule has 1 aromatic heterocycles. The Morgan fingerprint density at radius 3 is 2.60 bits per heavy atom. The van der Waals surface area contributed by atoms with E-state index >= 15 is 0 Å². The average Bonchev–Trinajstić information content (AvgIpc) is 2.20. The predicted octanol–water partition coefficient (Wildman–Crippen LogP) is 1.89. The van der Waals surface area contributed by atoms with Gasteiger partial charge in [-0.15, -0.1) is 0 Å². The summed E-state index contributed by atoms with van der Waals surface area (Å²) in [4.78, 5) is 0. The Morgan fingerprint density at radius 2 is 2.20 bits per heavy atom. The van der Waals surface area contributed by atoms with Crippen molar-refractivity contribution >= 4 is 11.8 Å². The van der Waals surface area contributed by atoms with Gasteiger partial charge in [0.1, 0.15) is 0 Å². The zero-order valence-electron chi connectivity index (χ0n) is 6.56. The van der Waals surface area contributed by atoms with Gasteiger partial charge in [-0.3, -0.25) is 5.10 Å². The average molecular weight is 156 g/mol. The van der Waals surface area contributed by atoms with E-state index in [4.69, 9.17) is 0 Å². The lowest BCUT2D eigenvalue weighted by Crippen LogP contribution is -1.83. The third kappa shape index (κ3) is 1.34. The Morgan fingerprint density at radius 1 is 1.50 bits per heavy atom. The van der Waals surface area contributed by atoms with Gasteiger partial charge >= 0.3 is 0 Å². The second-order valence-corrected chi connectivity index (χ2v) is 3.21. The topological polar surface area (TPSA) is 28.7 Å². The molecule has 0 aliphatic heterocycles. The lowest BCUT2D eigenvalue weighted by atomic mass is 10.2. The van der Waals surface area contributed by atoms with Crippen LogP contribution < -0.4 is 0 Å². The molecule has 0 unspecified atom stereocenters. The van der Waals surface area contributed by atoms with Crippen molar-refractivity contribution in [3.8, 4) is 0 Å². The quantitative estimate of drug-likeness (QED) is 0.708. The lowest BCUT2D eigenvalue weighted by Gasteiger charge is -1.94. The molecule has 1 aromatic rings. The number of nitrogens with one attached hydrogen (secondary N) is 1. The first-order valence-corrected chi connectivity index (χ1v) is 4.64. The summed E-state index contributed by atoms with van der Waals surface area (Å²) >= 11 is 1.83. The van der Waals surface area contributed by atoms with E-state index in [1.54, 1.807) is 0 Å². The van der Waals surface area contributed by atoms with Gasteiger partial charge in [0.05, 0.1) is 5.69 Å². The van der Waals surface area contributed by atoms with Crippen molar-refractivity contribution in [2.75, 3.05) is 6.26 Å². The highest BCUT2D eigenvalue weighted by molar-refractivity contribution is 7.97. The summed E-state index contributed by atoms with van der Waals surface area (Å²) in [7, 11) is 0. The lowest BCUT2D eigenvalue weighted by molar-refractivity contribution is 1.02. The summed E-state index contributed by atoms with van der Waals surface area (Å²) in [5.41, 5.74) is 3.69. The number of aromatic nitrogens is 2. The number of hydrogen-bond acceptors (Lipinski definition) is 2. The molecule has 0 fully saturated rings. The van der Waals surface area contributed by atoms with Crippen LogP contribution in [0.15, 0.2) is 0 Å². The SMILES string of the molecule is CSCc1c(C)n[nH]c1C. The van der Waals surface area contributed by atoms with E-state index in [0.717, 1.165) is 11.4 Å². The number of thioether (sulfide) groups is 1. The zero-order chi connectivity index (χ0) is 7.56. The minimum Gasteiger partial charge on any atom is -0.282 e. The first-order valence-electron chi connectivity index (χ1n) is 3.25. The second kappa shape index (κ2) is 3.10. The number of nitrogens with zero attached hydrogens (tertiary/aromatic N) is 1. The van der Waals surface area contributed by atoms with Crippen LogP contribution in [0.25, 0.3) is 0 Å². The van der Waals surface area contributed by atoms with Gasteiger partial charge in [0.25, 0.3) is 0 Å². The third-order valence-corrected chi connectivity index (χ3v) is 2.15. The van der Waals surface area contributed by atoms with E-state index in [2.05, 4.69) is 23.4 Å². The standard InChI is InChI=1S/C7H12N2S/c1-5-7(4-10-3)6(2)9-8-5/h4H2,1-3H3,(H,8,9). The molecule has 1 heterocycles. The highest BCUT2D eigenvalue weighted by atomic mass is 32.2. The molecule has 1 rings (SSSR count). The molecule has 0 aromatic carbocycles. The van der Waals surface area contributed by atoms with Crippen molar-refractivity contribution in [2.24, 2.45) is 0 Å². The van der Waals surface area contributed by atoms with Crippen molar-refractivity contribution in [3.05, 3.63) is 17.0 Å². The van der Waals surface area contributed by atoms with E-state index in [1.165, 1.54) is 11.3 Å². The molecule has 0 atom stereocenters. The maximum atomic E-state index is 4.10. The molecule has 0 aliphatic rings. The van der Waals surface area contributed by atoms with Crippen LogP contribution in [0.4, 0.5) is 0 Å². The van der Waals surface area contributed by atoms with Crippen LogP contribution in [0.1, 0.15) is 17.0 Å². The van der Waals surface area contributed by atoms with Gasteiger partial charge in [0.2, 0.25) is 0 Å². The van der Waals surface area contributed by atoms with E-state index in [-0.39, 0.29) is 0 Å². The van der Waals surface area contributed by atoms with Crippen molar-refractivity contribution in [1.29, 1.82) is 0 Å². The summed E-state index contributed by atoms with van der Waals surface area (Å²) in [6.07, 6.45) is 2.10. The zero-order valence-corrected chi connectivity index (χ0v) is 7.38. The highest BCUT2D eigenvalue weighted by Crippen LogP contribution is 2.14. The minimum absolute atomic E-state index is 1.06. The summed E-state index contributed by atoms with van der Waals surface area (Å²) in [5.74, 6) is 1.06. The van der Waals surface area contributed by atoms with Gasteiger partial charge in [-0.1, -0.05) is 0 Å². The number of aryl methyl sites for hydroxylation is 2. The second-order valence-electron chi connectivity index (χ2n) is 2.35. The molecule has 0 amide bonds. The molecule has 10 heavy (non-hydrogen) atoms. The van der Waals surface area contributed by atoms with Crippen LogP contribution in [0.3, 0.4) is 0 Å². The van der Waals surface area contributed by atoms with Crippen molar-refractivity contribution in [1.82, 2.24) is 10.2 Å². The van der Waals surface area contributed by atoms with Crippen LogP contribution in [-0.4, -0.2) is 16.5 Å². The molecule has 0 bridgehead atoms. The van der Waals surface area contributed by atoms with E-state index in [9.17, 15) is 0 Å². The van der Waals surface area contributed by atoms with Crippen molar-refractivity contribution in [2.45, 2.75) is 19.6 Å². The van der Waals surface area contributed by atoms with Gasteiger partial charge in [0, 0.05) is 17.0 Å². The van der Waals surface area contributed by atoms with E-state index in [1.807, 2.05) is 18.7 Å². The fourth-order valence-corrected chi connectivity index (χ4v) is 1.65. The Bertz CT molecular complexity index is 198.